The van der Waals surface area contributed by atoms with Crippen molar-refractivity contribution >= 4 is 78.8 Å². The van der Waals surface area contributed by atoms with Gasteiger partial charge in [-0.2, -0.15) is 0 Å². The van der Waals surface area contributed by atoms with Gasteiger partial charge >= 0.3 is 0 Å². The molecule has 3 heterocycles. The van der Waals surface area contributed by atoms with Crippen molar-refractivity contribution in [2.75, 3.05) is 12.0 Å². The first-order valence-electron chi connectivity index (χ1n) is 11.5. The Morgan fingerprint density at radius 1 is 1.18 bits per heavy atom. The number of hydrogen-bond donors (Lipinski definition) is 1. The van der Waals surface area contributed by atoms with Gasteiger partial charge in [-0.05, 0) is 49.7 Å². The Morgan fingerprint density at radius 2 is 1.92 bits per heavy atom. The summed E-state index contributed by atoms with van der Waals surface area (Å²) in [7, 11) is 1.51. The number of nitrogens with zero attached hydrogens (tertiary/aromatic N) is 4. The number of carbonyl (C=O) groups is 2. The molecule has 2 aromatic carbocycles. The number of aromatic nitrogens is 3. The van der Waals surface area contributed by atoms with E-state index in [4.69, 9.17) is 16.3 Å². The van der Waals surface area contributed by atoms with Crippen molar-refractivity contribution in [3.8, 4) is 5.75 Å². The molecule has 8 nitrogen and oxygen atoms in total. The highest BCUT2D eigenvalue weighted by atomic mass is 79.9. The van der Waals surface area contributed by atoms with Crippen molar-refractivity contribution in [3.63, 3.8) is 0 Å². The molecule has 1 N–H and O–H groups in total. The topological polar surface area (TPSA) is 106 Å². The Bertz CT molecular complexity index is 1620. The van der Waals surface area contributed by atoms with Gasteiger partial charge in [-0.1, -0.05) is 62.8 Å². The van der Waals surface area contributed by atoms with E-state index in [2.05, 4.69) is 31.1 Å². The Kier molecular flexibility index (Phi) is 8.11. The van der Waals surface area contributed by atoms with E-state index in [1.807, 2.05) is 24.3 Å². The van der Waals surface area contributed by atoms with Crippen LogP contribution in [0.15, 0.2) is 62.6 Å². The summed E-state index contributed by atoms with van der Waals surface area (Å²) in [6.45, 7) is 3.53. The summed E-state index contributed by atoms with van der Waals surface area (Å²) in [5.74, 6) is -0.780. The Hall–Kier alpha value is -2.77. The molecule has 0 aliphatic carbocycles. The molecule has 2 aromatic heterocycles. The van der Waals surface area contributed by atoms with Crippen molar-refractivity contribution in [2.45, 2.75) is 30.0 Å². The molecule has 13 heteroatoms. The zero-order chi connectivity index (χ0) is 27.8. The molecule has 0 saturated heterocycles. The lowest BCUT2D eigenvalue weighted by molar-refractivity contribution is -0.117. The van der Waals surface area contributed by atoms with Gasteiger partial charge in [-0.3, -0.25) is 14.5 Å². The Morgan fingerprint density at radius 3 is 2.59 bits per heavy atom. The lowest BCUT2D eigenvalue weighted by atomic mass is 9.94. The number of aryl methyl sites for hydroxylation is 2. The van der Waals surface area contributed by atoms with E-state index in [-0.39, 0.29) is 10.7 Å². The first-order valence-corrected chi connectivity index (χ1v) is 15.3. The van der Waals surface area contributed by atoms with Crippen molar-refractivity contribution in [1.29, 1.82) is 0 Å². The third-order valence-electron chi connectivity index (χ3n) is 5.93. The third kappa shape index (κ3) is 5.48. The van der Waals surface area contributed by atoms with Gasteiger partial charge < -0.3 is 9.84 Å². The van der Waals surface area contributed by atoms with E-state index in [1.165, 1.54) is 46.4 Å². The SMILES string of the molecule is COc1ccc(Br)cc1C1C(C(=O)c2sc(C)nc2C)=C(O)C(=O)N1c1nnc(SCc2ccc(Cl)cc2)s1. The predicted molar refractivity (Wildman–Crippen MR) is 157 cm³/mol. The maximum Gasteiger partial charge on any atom is 0.296 e. The van der Waals surface area contributed by atoms with Gasteiger partial charge in [0.2, 0.25) is 10.9 Å². The highest BCUT2D eigenvalue weighted by Gasteiger charge is 2.47. The van der Waals surface area contributed by atoms with Crippen molar-refractivity contribution in [1.82, 2.24) is 15.2 Å². The van der Waals surface area contributed by atoms with Crippen molar-refractivity contribution in [3.05, 3.63) is 90.0 Å². The van der Waals surface area contributed by atoms with E-state index < -0.39 is 23.5 Å². The average Bonchev–Trinajstić information content (AvgIpc) is 3.59. The number of ketones is 1. The van der Waals surface area contributed by atoms with Gasteiger partial charge in [-0.15, -0.1) is 21.5 Å². The lowest BCUT2D eigenvalue weighted by Gasteiger charge is -2.25. The van der Waals surface area contributed by atoms with Crippen LogP contribution < -0.4 is 9.64 Å². The van der Waals surface area contributed by atoms with Crippen LogP contribution in [-0.2, 0) is 10.5 Å². The Labute approximate surface area is 249 Å². The number of methoxy groups -OCH3 is 1. The monoisotopic (exact) mass is 662 g/mol. The fourth-order valence-corrected chi connectivity index (χ4v) is 7.40. The summed E-state index contributed by atoms with van der Waals surface area (Å²) in [4.78, 5) is 33.4. The number of carbonyl (C=O) groups excluding carboxylic acids is 2. The van der Waals surface area contributed by atoms with Gasteiger partial charge in [0.05, 0.1) is 28.3 Å². The van der Waals surface area contributed by atoms with Crippen LogP contribution in [0, 0.1) is 13.8 Å². The highest BCUT2D eigenvalue weighted by Crippen LogP contribution is 2.47. The molecule has 1 amide bonds. The molecule has 0 fully saturated rings. The number of Topliss-reactive ketones (excluding diaryl/α,β-unsaturated/α-hetero) is 1. The summed E-state index contributed by atoms with van der Waals surface area (Å²) in [5.41, 5.74) is 2.04. The lowest BCUT2D eigenvalue weighted by Crippen LogP contribution is -2.31. The molecule has 1 aliphatic rings. The zero-order valence-electron chi connectivity index (χ0n) is 20.8. The van der Waals surface area contributed by atoms with Crippen LogP contribution >= 0.6 is 62.0 Å². The van der Waals surface area contributed by atoms with E-state index in [0.29, 0.717) is 46.5 Å². The van der Waals surface area contributed by atoms with Crippen molar-refractivity contribution in [2.24, 2.45) is 0 Å². The number of amides is 1. The second kappa shape index (κ2) is 11.4. The first kappa shape index (κ1) is 27.8. The van der Waals surface area contributed by atoms with Crippen LogP contribution in [-0.4, -0.2) is 39.1 Å². The number of ether oxygens (including phenoxy) is 1. The van der Waals surface area contributed by atoms with E-state index >= 15 is 0 Å². The van der Waals surface area contributed by atoms with Crippen LogP contribution in [0.1, 0.15) is 37.5 Å². The van der Waals surface area contributed by atoms with Gasteiger partial charge in [0.15, 0.2) is 10.1 Å². The molecule has 0 bridgehead atoms. The van der Waals surface area contributed by atoms with Gasteiger partial charge in [-0.25, -0.2) is 4.98 Å². The minimum Gasteiger partial charge on any atom is -0.503 e. The molecule has 5 rings (SSSR count). The number of aliphatic hydroxyl groups excluding tert-OH is 1. The normalized spacial score (nSPS) is 15.4. The molecule has 1 aliphatic heterocycles. The zero-order valence-corrected chi connectivity index (χ0v) is 25.6. The fraction of sp³-hybridized carbons (Fsp3) is 0.192. The summed E-state index contributed by atoms with van der Waals surface area (Å²) < 4.78 is 6.94. The summed E-state index contributed by atoms with van der Waals surface area (Å²) in [6, 6.07) is 11.8. The van der Waals surface area contributed by atoms with E-state index in [9.17, 15) is 14.7 Å². The highest BCUT2D eigenvalue weighted by molar-refractivity contribution is 9.10. The molecule has 39 heavy (non-hydrogen) atoms. The number of hydrogen-bond acceptors (Lipinski definition) is 10. The maximum absolute atomic E-state index is 13.8. The molecule has 0 radical (unpaired) electrons. The Balaban J connectivity index is 1.55. The average molecular weight is 664 g/mol. The number of aliphatic hydroxyl groups is 1. The fourth-order valence-electron chi connectivity index (χ4n) is 4.20. The number of benzene rings is 2. The molecular weight excluding hydrogens is 644 g/mol. The molecule has 1 unspecified atom stereocenters. The van der Waals surface area contributed by atoms with Crippen LogP contribution in [0.5, 0.6) is 5.75 Å². The number of halogens is 2. The second-order valence-corrected chi connectivity index (χ2v) is 13.2. The molecule has 0 spiro atoms. The van der Waals surface area contributed by atoms with Crippen LogP contribution in [0.2, 0.25) is 5.02 Å². The number of thiazole rings is 1. The van der Waals surface area contributed by atoms with Crippen molar-refractivity contribution < 1.29 is 19.4 Å². The molecular formula is C26H20BrClN4O4S3. The van der Waals surface area contributed by atoms with E-state index in [0.717, 1.165) is 5.56 Å². The standard InChI is InChI=1S/C26H20BrClN4O4S3/c1-12-23(38-13(2)29-12)21(33)19-20(17-10-15(27)6-9-18(17)36-3)32(24(35)22(19)34)25-30-31-26(39-25)37-11-14-4-7-16(28)8-5-14/h4-10,20,34H,11H2,1-3H3. The predicted octanol–water partition coefficient (Wildman–Crippen LogP) is 7.11. The molecule has 200 valence electrons. The minimum atomic E-state index is -0.999. The maximum atomic E-state index is 13.8. The second-order valence-electron chi connectivity index (χ2n) is 8.47. The van der Waals surface area contributed by atoms with Gasteiger partial charge in [0.1, 0.15) is 11.8 Å². The minimum absolute atomic E-state index is 0.0614. The summed E-state index contributed by atoms with van der Waals surface area (Å²) >= 11 is 13.3. The van der Waals surface area contributed by atoms with E-state index in [1.54, 1.807) is 32.0 Å². The van der Waals surface area contributed by atoms with Crippen LogP contribution in [0.3, 0.4) is 0 Å². The summed E-state index contributed by atoms with van der Waals surface area (Å²) in [6.07, 6.45) is 0. The third-order valence-corrected chi connectivity index (χ3v) is 9.87. The smallest absolute Gasteiger partial charge is 0.296 e. The van der Waals surface area contributed by atoms with Gasteiger partial charge in [0.25, 0.3) is 5.91 Å². The quantitative estimate of drug-likeness (QED) is 0.121. The number of rotatable bonds is 8. The molecule has 4 aromatic rings. The van der Waals surface area contributed by atoms with Gasteiger partial charge in [0, 0.05) is 20.8 Å². The molecule has 1 atom stereocenters. The van der Waals surface area contributed by atoms with Crippen LogP contribution in [0.4, 0.5) is 5.13 Å². The first-order chi connectivity index (χ1) is 18.7. The molecule has 0 saturated carbocycles. The largest absolute Gasteiger partial charge is 0.503 e. The number of thioether (sulfide) groups is 1. The van der Waals surface area contributed by atoms with Crippen LogP contribution in [0.25, 0.3) is 0 Å². The summed E-state index contributed by atoms with van der Waals surface area (Å²) in [5, 5.41) is 21.3. The number of anilines is 1.